The normalized spacial score (nSPS) is 15.2. The number of non-ortho nitro benzene ring substituents is 1. The molecule has 1 saturated heterocycles. The Labute approximate surface area is 205 Å². The van der Waals surface area contributed by atoms with E-state index in [9.17, 15) is 26.9 Å². The van der Waals surface area contributed by atoms with Crippen LogP contribution in [-0.2, 0) is 24.3 Å². The fourth-order valence-corrected chi connectivity index (χ4v) is 5.90. The summed E-state index contributed by atoms with van der Waals surface area (Å²) >= 11 is 0. The van der Waals surface area contributed by atoms with Crippen molar-refractivity contribution >= 4 is 37.2 Å². The third-order valence-electron chi connectivity index (χ3n) is 5.51. The summed E-state index contributed by atoms with van der Waals surface area (Å²) in [6.07, 6.45) is 4.95. The number of rotatable bonds is 11. The van der Waals surface area contributed by atoms with Crippen molar-refractivity contribution in [2.45, 2.75) is 18.2 Å². The number of sulfonamides is 1. The van der Waals surface area contributed by atoms with Crippen LogP contribution in [0.5, 0.6) is 0 Å². The number of nitrogens with zero attached hydrogens (tertiary/aromatic N) is 5. The van der Waals surface area contributed by atoms with Gasteiger partial charge in [-0.3, -0.25) is 19.3 Å². The second-order valence-electron chi connectivity index (χ2n) is 8.02. The molecule has 0 N–H and O–H groups in total. The molecule has 0 saturated carbocycles. The fourth-order valence-electron chi connectivity index (χ4n) is 3.87. The van der Waals surface area contributed by atoms with Crippen molar-refractivity contribution in [2.24, 2.45) is 0 Å². The van der Waals surface area contributed by atoms with Crippen LogP contribution in [0.3, 0.4) is 0 Å². The van der Waals surface area contributed by atoms with Crippen LogP contribution in [0.1, 0.15) is 13.3 Å². The number of pyridine rings is 1. The van der Waals surface area contributed by atoms with Gasteiger partial charge in [0.05, 0.1) is 35.4 Å². The number of aromatic nitrogens is 1. The lowest BCUT2D eigenvalue weighted by Gasteiger charge is -2.36. The van der Waals surface area contributed by atoms with Crippen LogP contribution >= 0.6 is 0 Å². The number of hydrogen-bond donors (Lipinski definition) is 0. The van der Waals surface area contributed by atoms with E-state index in [2.05, 4.69) is 4.98 Å². The fraction of sp³-hybridized carbons (Fsp3) is 0.476. The zero-order chi connectivity index (χ0) is 25.6. The van der Waals surface area contributed by atoms with Gasteiger partial charge in [-0.15, -0.1) is 0 Å². The summed E-state index contributed by atoms with van der Waals surface area (Å²) in [5.74, 6) is 0. The Hall–Kier alpha value is -2.81. The highest BCUT2D eigenvalue weighted by Gasteiger charge is 2.33. The van der Waals surface area contributed by atoms with E-state index < -0.39 is 25.1 Å². The topological polar surface area (TPSA) is 143 Å². The van der Waals surface area contributed by atoms with E-state index in [4.69, 9.17) is 4.18 Å². The van der Waals surface area contributed by atoms with Crippen molar-refractivity contribution < 1.29 is 25.9 Å². The van der Waals surface area contributed by atoms with Gasteiger partial charge in [0.25, 0.3) is 15.8 Å². The van der Waals surface area contributed by atoms with Crippen molar-refractivity contribution in [1.29, 1.82) is 0 Å². The summed E-state index contributed by atoms with van der Waals surface area (Å²) in [5.41, 5.74) is 0.815. The Morgan fingerprint density at radius 3 is 2.40 bits per heavy atom. The maximum Gasteiger partial charge on any atom is 0.270 e. The zero-order valence-electron chi connectivity index (χ0n) is 19.6. The van der Waals surface area contributed by atoms with Crippen LogP contribution in [0.2, 0.25) is 0 Å². The Morgan fingerprint density at radius 2 is 1.83 bits per heavy atom. The van der Waals surface area contributed by atoms with Crippen LogP contribution in [0, 0.1) is 10.1 Å². The van der Waals surface area contributed by atoms with Gasteiger partial charge in [0.2, 0.25) is 10.0 Å². The Morgan fingerprint density at radius 1 is 1.11 bits per heavy atom. The van der Waals surface area contributed by atoms with Gasteiger partial charge in [-0.1, -0.05) is 6.92 Å². The molecule has 0 atom stereocenters. The van der Waals surface area contributed by atoms with Gasteiger partial charge < -0.3 is 9.80 Å². The summed E-state index contributed by atoms with van der Waals surface area (Å²) in [6, 6.07) is 7.42. The molecule has 1 aliphatic heterocycles. The molecule has 0 spiro atoms. The average molecular weight is 528 g/mol. The van der Waals surface area contributed by atoms with Gasteiger partial charge >= 0.3 is 0 Å². The third kappa shape index (κ3) is 6.87. The molecule has 3 rings (SSSR count). The van der Waals surface area contributed by atoms with E-state index in [1.165, 1.54) is 16.4 Å². The SMILES string of the molecule is CCCN(CCOS(C)(=O)=O)c1ccc([N+](=O)[O-])cc1S(=O)(=O)N1CCN(c2cccnc2)CC1. The first-order chi connectivity index (χ1) is 16.5. The Bertz CT molecular complexity index is 1230. The Balaban J connectivity index is 1.90. The standard InChI is InChI=1S/C21H29N5O7S2/c1-3-9-24(14-15-33-34(2,29)30)20-7-6-18(26(27)28)16-21(20)35(31,32)25-12-10-23(11-13-25)19-5-4-8-22-17-19/h4-8,16-17H,3,9-15H2,1-2H3. The number of benzene rings is 1. The number of hydrogen-bond acceptors (Lipinski definition) is 10. The summed E-state index contributed by atoms with van der Waals surface area (Å²) in [5, 5.41) is 11.4. The molecule has 1 fully saturated rings. The molecule has 12 nitrogen and oxygen atoms in total. The van der Waals surface area contributed by atoms with Crippen molar-refractivity contribution in [3.63, 3.8) is 0 Å². The third-order valence-corrected chi connectivity index (χ3v) is 8.04. The molecule has 0 aliphatic carbocycles. The first-order valence-electron chi connectivity index (χ1n) is 11.1. The lowest BCUT2D eigenvalue weighted by molar-refractivity contribution is -0.385. The van der Waals surface area contributed by atoms with Gasteiger partial charge in [0.15, 0.2) is 0 Å². The maximum atomic E-state index is 13.7. The minimum Gasteiger partial charge on any atom is -0.368 e. The quantitative estimate of drug-likeness (QED) is 0.241. The molecule has 35 heavy (non-hydrogen) atoms. The van der Waals surface area contributed by atoms with Crippen LogP contribution in [0.15, 0.2) is 47.6 Å². The van der Waals surface area contributed by atoms with E-state index in [0.29, 0.717) is 26.1 Å². The predicted molar refractivity (Wildman–Crippen MR) is 132 cm³/mol. The highest BCUT2D eigenvalue weighted by atomic mass is 32.2. The molecule has 0 amide bonds. The lowest BCUT2D eigenvalue weighted by atomic mass is 10.2. The van der Waals surface area contributed by atoms with E-state index in [1.807, 2.05) is 24.0 Å². The molecule has 0 radical (unpaired) electrons. The van der Waals surface area contributed by atoms with Crippen molar-refractivity contribution in [2.75, 3.05) is 61.9 Å². The molecule has 192 valence electrons. The minimum atomic E-state index is -4.09. The monoisotopic (exact) mass is 527 g/mol. The Kier molecular flexibility index (Phi) is 8.64. The molecule has 1 aromatic carbocycles. The lowest BCUT2D eigenvalue weighted by Crippen LogP contribution is -2.49. The highest BCUT2D eigenvalue weighted by Crippen LogP contribution is 2.32. The molecule has 2 aromatic rings. The van der Waals surface area contributed by atoms with Crippen molar-refractivity contribution in [3.8, 4) is 0 Å². The largest absolute Gasteiger partial charge is 0.368 e. The zero-order valence-corrected chi connectivity index (χ0v) is 21.2. The van der Waals surface area contributed by atoms with E-state index in [-0.39, 0.29) is 42.5 Å². The van der Waals surface area contributed by atoms with E-state index >= 15 is 0 Å². The highest BCUT2D eigenvalue weighted by molar-refractivity contribution is 7.89. The van der Waals surface area contributed by atoms with Crippen LogP contribution in [0.4, 0.5) is 17.1 Å². The molecular formula is C21H29N5O7S2. The van der Waals surface area contributed by atoms with Crippen LogP contribution in [-0.4, -0.2) is 83.2 Å². The number of nitro groups is 1. The number of nitro benzene ring substituents is 1. The van der Waals surface area contributed by atoms with Gasteiger partial charge in [-0.05, 0) is 24.6 Å². The van der Waals surface area contributed by atoms with Gasteiger partial charge in [0, 0.05) is 57.6 Å². The second kappa shape index (κ2) is 11.3. The second-order valence-corrected chi connectivity index (χ2v) is 11.6. The maximum absolute atomic E-state index is 13.7. The van der Waals surface area contributed by atoms with Gasteiger partial charge in [-0.2, -0.15) is 12.7 Å². The summed E-state index contributed by atoms with van der Waals surface area (Å²) in [6.45, 7) is 3.49. The first kappa shape index (κ1) is 26.8. The molecule has 0 bridgehead atoms. The average Bonchev–Trinajstić information content (AvgIpc) is 2.83. The molecule has 0 unspecified atom stereocenters. The minimum absolute atomic E-state index is 0.0933. The predicted octanol–water partition coefficient (Wildman–Crippen LogP) is 1.69. The van der Waals surface area contributed by atoms with Gasteiger partial charge in [0.1, 0.15) is 4.90 Å². The summed E-state index contributed by atoms with van der Waals surface area (Å²) in [4.78, 5) is 18.4. The molecule has 2 heterocycles. The van der Waals surface area contributed by atoms with Crippen molar-refractivity contribution in [1.82, 2.24) is 9.29 Å². The van der Waals surface area contributed by atoms with Crippen LogP contribution in [0.25, 0.3) is 0 Å². The number of piperazine rings is 1. The molecular weight excluding hydrogens is 498 g/mol. The summed E-state index contributed by atoms with van der Waals surface area (Å²) in [7, 11) is -7.76. The van der Waals surface area contributed by atoms with E-state index in [1.54, 1.807) is 17.3 Å². The molecule has 14 heteroatoms. The molecule has 1 aliphatic rings. The number of anilines is 2. The first-order valence-corrected chi connectivity index (χ1v) is 14.3. The van der Waals surface area contributed by atoms with Gasteiger partial charge in [-0.25, -0.2) is 8.42 Å². The summed E-state index contributed by atoms with van der Waals surface area (Å²) < 4.78 is 56.3. The smallest absolute Gasteiger partial charge is 0.270 e. The van der Waals surface area contributed by atoms with E-state index in [0.717, 1.165) is 18.0 Å². The molecule has 1 aromatic heterocycles. The van der Waals surface area contributed by atoms with Crippen LogP contribution < -0.4 is 9.80 Å². The van der Waals surface area contributed by atoms with Crippen molar-refractivity contribution in [3.05, 3.63) is 52.8 Å².